The molecule has 2 rings (SSSR count). The van der Waals surface area contributed by atoms with Crippen LogP contribution in [-0.2, 0) is 5.72 Å². The molecule has 2 aromatic rings. The number of para-hydroxylation sites is 1. The van der Waals surface area contributed by atoms with E-state index in [4.69, 9.17) is 18.9 Å². The molecule has 2 aromatic carbocycles. The third-order valence-corrected chi connectivity index (χ3v) is 4.00. The third-order valence-electron chi connectivity index (χ3n) is 4.00. The monoisotopic (exact) mass is 359 g/mol. The summed E-state index contributed by atoms with van der Waals surface area (Å²) in [5, 5.41) is 12.0. The number of hydrogen-bond acceptors (Lipinski definition) is 6. The van der Waals surface area contributed by atoms with Gasteiger partial charge in [0.05, 0.1) is 33.2 Å². The Morgan fingerprint density at radius 2 is 1.65 bits per heavy atom. The SMILES string of the molecule is C=Cc1ccccc1OC(C)(c1ccc(OC)c(OC)c1OC)[N+](=O)[O-]. The molecule has 26 heavy (non-hydrogen) atoms. The summed E-state index contributed by atoms with van der Waals surface area (Å²) in [6.07, 6.45) is 1.57. The van der Waals surface area contributed by atoms with E-state index in [9.17, 15) is 10.1 Å². The van der Waals surface area contributed by atoms with Crippen molar-refractivity contribution in [3.05, 3.63) is 64.2 Å². The second-order valence-electron chi connectivity index (χ2n) is 5.47. The lowest BCUT2D eigenvalue weighted by molar-refractivity contribution is -0.621. The van der Waals surface area contributed by atoms with Crippen molar-refractivity contribution in [3.63, 3.8) is 0 Å². The fourth-order valence-corrected chi connectivity index (χ4v) is 2.61. The normalized spacial score (nSPS) is 12.6. The fraction of sp³-hybridized carbons (Fsp3) is 0.263. The van der Waals surface area contributed by atoms with E-state index in [-0.39, 0.29) is 17.1 Å². The number of ether oxygens (including phenoxy) is 4. The zero-order valence-corrected chi connectivity index (χ0v) is 15.1. The zero-order chi connectivity index (χ0) is 19.3. The molecule has 0 radical (unpaired) electrons. The first-order valence-electron chi connectivity index (χ1n) is 7.77. The van der Waals surface area contributed by atoms with Crippen LogP contribution in [0.2, 0.25) is 0 Å². The largest absolute Gasteiger partial charge is 0.493 e. The Hall–Kier alpha value is -3.22. The van der Waals surface area contributed by atoms with Gasteiger partial charge in [-0.15, -0.1) is 0 Å². The van der Waals surface area contributed by atoms with Gasteiger partial charge in [-0.25, -0.2) is 0 Å². The molecule has 138 valence electrons. The van der Waals surface area contributed by atoms with Crippen LogP contribution in [0.5, 0.6) is 23.0 Å². The van der Waals surface area contributed by atoms with E-state index in [1.54, 1.807) is 36.4 Å². The first-order valence-corrected chi connectivity index (χ1v) is 7.77. The van der Waals surface area contributed by atoms with Crippen LogP contribution < -0.4 is 18.9 Å². The number of methoxy groups -OCH3 is 3. The first-order chi connectivity index (χ1) is 12.4. The maximum atomic E-state index is 12.0. The Labute approximate surface area is 151 Å². The quantitative estimate of drug-likeness (QED) is 0.404. The van der Waals surface area contributed by atoms with Crippen LogP contribution in [0.1, 0.15) is 18.1 Å². The Kier molecular flexibility index (Phi) is 5.71. The van der Waals surface area contributed by atoms with E-state index in [2.05, 4.69) is 6.58 Å². The van der Waals surface area contributed by atoms with Gasteiger partial charge in [0.25, 0.3) is 0 Å². The molecule has 0 fully saturated rings. The molecule has 0 heterocycles. The van der Waals surface area contributed by atoms with E-state index in [1.807, 2.05) is 0 Å². The van der Waals surface area contributed by atoms with Gasteiger partial charge >= 0.3 is 5.72 Å². The van der Waals surface area contributed by atoms with Crippen molar-refractivity contribution in [1.82, 2.24) is 0 Å². The molecule has 0 aliphatic heterocycles. The van der Waals surface area contributed by atoms with Crippen molar-refractivity contribution in [2.24, 2.45) is 0 Å². The molecule has 0 spiro atoms. The molecule has 0 amide bonds. The Morgan fingerprint density at radius 1 is 1.00 bits per heavy atom. The molecule has 1 atom stereocenters. The molecule has 7 heteroatoms. The average molecular weight is 359 g/mol. The number of nitro groups is 1. The van der Waals surface area contributed by atoms with Crippen molar-refractivity contribution in [2.75, 3.05) is 21.3 Å². The molecule has 0 saturated carbocycles. The predicted octanol–water partition coefficient (Wildman–Crippen LogP) is 3.88. The van der Waals surface area contributed by atoms with Crippen LogP contribution >= 0.6 is 0 Å². The van der Waals surface area contributed by atoms with Crippen molar-refractivity contribution in [3.8, 4) is 23.0 Å². The summed E-state index contributed by atoms with van der Waals surface area (Å²) in [7, 11) is 4.31. The van der Waals surface area contributed by atoms with Gasteiger partial charge in [0.15, 0.2) is 11.5 Å². The molecule has 0 saturated heterocycles. The molecule has 0 N–H and O–H groups in total. The summed E-state index contributed by atoms with van der Waals surface area (Å²) in [5.41, 5.74) is -1.09. The lowest BCUT2D eigenvalue weighted by Gasteiger charge is -2.26. The summed E-state index contributed by atoms with van der Waals surface area (Å²) in [5.74, 6) is 1.15. The van der Waals surface area contributed by atoms with E-state index >= 15 is 0 Å². The van der Waals surface area contributed by atoms with Crippen LogP contribution in [0, 0.1) is 10.1 Å². The van der Waals surface area contributed by atoms with Crippen molar-refractivity contribution in [2.45, 2.75) is 12.6 Å². The average Bonchev–Trinajstić information content (AvgIpc) is 2.66. The molecular formula is C19H21NO6. The molecule has 0 aromatic heterocycles. The standard InChI is InChI=1S/C19H21NO6/c1-6-13-9-7-8-10-15(13)26-19(2,20(21)22)14-11-12-16(23-3)18(25-5)17(14)24-4/h6-12H,1H2,2-5H3. The highest BCUT2D eigenvalue weighted by molar-refractivity contribution is 5.58. The van der Waals surface area contributed by atoms with E-state index < -0.39 is 10.6 Å². The van der Waals surface area contributed by atoms with Crippen LogP contribution in [0.25, 0.3) is 6.08 Å². The van der Waals surface area contributed by atoms with E-state index in [0.29, 0.717) is 17.1 Å². The lowest BCUT2D eigenvalue weighted by atomic mass is 10.0. The number of rotatable bonds is 8. The fourth-order valence-electron chi connectivity index (χ4n) is 2.61. The Bertz CT molecular complexity index is 820. The second-order valence-corrected chi connectivity index (χ2v) is 5.47. The Balaban J connectivity index is 2.66. The smallest absolute Gasteiger partial charge is 0.390 e. The van der Waals surface area contributed by atoms with Crippen LogP contribution in [0.3, 0.4) is 0 Å². The first kappa shape index (κ1) is 19.1. The number of benzene rings is 2. The predicted molar refractivity (Wildman–Crippen MR) is 97.6 cm³/mol. The molecule has 0 aliphatic rings. The van der Waals surface area contributed by atoms with Crippen molar-refractivity contribution < 1.29 is 23.9 Å². The summed E-state index contributed by atoms with van der Waals surface area (Å²) >= 11 is 0. The maximum Gasteiger partial charge on any atom is 0.390 e. The van der Waals surface area contributed by atoms with Crippen LogP contribution in [0.4, 0.5) is 0 Å². The van der Waals surface area contributed by atoms with E-state index in [1.165, 1.54) is 34.3 Å². The lowest BCUT2D eigenvalue weighted by Crippen LogP contribution is -2.38. The highest BCUT2D eigenvalue weighted by atomic mass is 16.7. The number of hydrogen-bond donors (Lipinski definition) is 0. The van der Waals surface area contributed by atoms with Gasteiger partial charge in [-0.3, -0.25) is 10.1 Å². The summed E-state index contributed by atoms with van der Waals surface area (Å²) in [6, 6.07) is 10.0. The zero-order valence-electron chi connectivity index (χ0n) is 15.1. The van der Waals surface area contributed by atoms with Crippen molar-refractivity contribution >= 4 is 6.08 Å². The molecule has 0 bridgehead atoms. The molecule has 0 aliphatic carbocycles. The Morgan fingerprint density at radius 3 is 2.19 bits per heavy atom. The molecular weight excluding hydrogens is 338 g/mol. The summed E-state index contributed by atoms with van der Waals surface area (Å²) in [4.78, 5) is 11.5. The van der Waals surface area contributed by atoms with Gasteiger partial charge in [-0.05, 0) is 18.2 Å². The summed E-state index contributed by atoms with van der Waals surface area (Å²) in [6.45, 7) is 5.07. The minimum absolute atomic E-state index is 0.169. The molecule has 1 unspecified atom stereocenters. The second kappa shape index (κ2) is 7.77. The van der Waals surface area contributed by atoms with Gasteiger partial charge in [0.2, 0.25) is 5.75 Å². The van der Waals surface area contributed by atoms with E-state index in [0.717, 1.165) is 0 Å². The third kappa shape index (κ3) is 3.28. The number of nitrogens with zero attached hydrogens (tertiary/aromatic N) is 1. The molecule has 7 nitrogen and oxygen atoms in total. The van der Waals surface area contributed by atoms with Gasteiger partial charge in [0, 0.05) is 5.56 Å². The van der Waals surface area contributed by atoms with Crippen molar-refractivity contribution in [1.29, 1.82) is 0 Å². The van der Waals surface area contributed by atoms with Gasteiger partial charge < -0.3 is 18.9 Å². The van der Waals surface area contributed by atoms with Gasteiger partial charge in [-0.1, -0.05) is 30.9 Å². The minimum Gasteiger partial charge on any atom is -0.493 e. The highest BCUT2D eigenvalue weighted by Gasteiger charge is 2.46. The van der Waals surface area contributed by atoms with Gasteiger partial charge in [0.1, 0.15) is 11.3 Å². The highest BCUT2D eigenvalue weighted by Crippen LogP contribution is 2.45. The van der Waals surface area contributed by atoms with Crippen LogP contribution in [-0.4, -0.2) is 26.3 Å². The minimum atomic E-state index is -1.93. The van der Waals surface area contributed by atoms with Crippen LogP contribution in [0.15, 0.2) is 43.0 Å². The topological polar surface area (TPSA) is 80.1 Å². The summed E-state index contributed by atoms with van der Waals surface area (Å²) < 4.78 is 21.8. The maximum absolute atomic E-state index is 12.0. The van der Waals surface area contributed by atoms with Gasteiger partial charge in [-0.2, -0.15) is 0 Å².